The molecule has 0 aromatic rings. The van der Waals surface area contributed by atoms with E-state index in [0.717, 1.165) is 0 Å². The molecule has 0 radical (unpaired) electrons. The van der Waals surface area contributed by atoms with Crippen LogP contribution in [0.25, 0.3) is 0 Å². The first-order chi connectivity index (χ1) is 9.94. The second kappa shape index (κ2) is 6.55. The largest absolute Gasteiger partial charge is 0.478 e. The van der Waals surface area contributed by atoms with E-state index in [0.29, 0.717) is 6.08 Å². The van der Waals surface area contributed by atoms with Crippen molar-refractivity contribution < 1.29 is 52.9 Å². The van der Waals surface area contributed by atoms with Crippen molar-refractivity contribution in [2.75, 3.05) is 0 Å². The van der Waals surface area contributed by atoms with Gasteiger partial charge in [-0.25, -0.2) is 18.5 Å². The molecule has 10 nitrogen and oxygen atoms in total. The maximum Gasteiger partial charge on any atom is 0.470 e. The molecule has 0 spiro atoms. The smallest absolute Gasteiger partial charge is 0.470 e. The average Bonchev–Trinajstić information content (AvgIpc) is 2.35. The van der Waals surface area contributed by atoms with E-state index in [1.54, 1.807) is 0 Å². The fraction of sp³-hybridized carbons (Fsp3) is 0.400. The molecular weight excluding hydrogens is 330 g/mol. The third-order valence-corrected chi connectivity index (χ3v) is 3.14. The molecule has 5 N–H and O–H groups in total. The average molecular weight is 342 g/mol. The molecule has 0 saturated carbocycles. The Kier molecular flexibility index (Phi) is 5.44. The van der Waals surface area contributed by atoms with E-state index in [2.05, 4.69) is 15.8 Å². The SMILES string of the molecule is C=C(O[C@H]1[C@H](O)[C@H](OP(=O)(O)O)C=C(C(=O)O)[C@H]1F)C(=O)O. The van der Waals surface area contributed by atoms with E-state index >= 15 is 0 Å². The number of carboxylic acids is 2. The molecule has 1 rings (SSSR count). The lowest BCUT2D eigenvalue weighted by molar-refractivity contribution is -0.144. The van der Waals surface area contributed by atoms with Gasteiger partial charge in [0.2, 0.25) is 0 Å². The number of aliphatic hydroxyl groups excluding tert-OH is 1. The van der Waals surface area contributed by atoms with Crippen molar-refractivity contribution in [3.8, 4) is 0 Å². The summed E-state index contributed by atoms with van der Waals surface area (Å²) in [5.41, 5.74) is -1.01. The Morgan fingerprint density at radius 1 is 1.32 bits per heavy atom. The van der Waals surface area contributed by atoms with Crippen LogP contribution in [0.5, 0.6) is 0 Å². The van der Waals surface area contributed by atoms with Crippen LogP contribution >= 0.6 is 7.82 Å². The number of aliphatic carboxylic acids is 2. The number of carboxylic acid groups (broad SMARTS) is 2. The maximum atomic E-state index is 14.0. The van der Waals surface area contributed by atoms with Gasteiger partial charge in [-0.3, -0.25) is 4.52 Å². The Hall–Kier alpha value is -1.78. The van der Waals surface area contributed by atoms with E-state index in [4.69, 9.17) is 20.0 Å². The summed E-state index contributed by atoms with van der Waals surface area (Å²) in [6.45, 7) is 2.93. The molecule has 0 unspecified atom stereocenters. The highest BCUT2D eigenvalue weighted by molar-refractivity contribution is 7.46. The molecule has 0 aromatic carbocycles. The number of alkyl halides is 1. The number of hydrogen-bond donors (Lipinski definition) is 5. The summed E-state index contributed by atoms with van der Waals surface area (Å²) in [4.78, 5) is 38.9. The van der Waals surface area contributed by atoms with Gasteiger partial charge in [-0.2, -0.15) is 0 Å². The first-order valence-electron chi connectivity index (χ1n) is 5.54. The molecule has 0 fully saturated rings. The van der Waals surface area contributed by atoms with Crippen molar-refractivity contribution in [2.24, 2.45) is 0 Å². The van der Waals surface area contributed by atoms with Gasteiger partial charge in [0.15, 0.2) is 18.0 Å². The third-order valence-electron chi connectivity index (χ3n) is 2.63. The summed E-state index contributed by atoms with van der Waals surface area (Å²) in [6.07, 6.45) is -8.09. The lowest BCUT2D eigenvalue weighted by Gasteiger charge is -2.34. The lowest BCUT2D eigenvalue weighted by Crippen LogP contribution is -2.50. The Balaban J connectivity index is 3.15. The Bertz CT molecular complexity index is 566. The molecule has 1 aliphatic carbocycles. The van der Waals surface area contributed by atoms with Crippen molar-refractivity contribution in [2.45, 2.75) is 24.5 Å². The molecular formula is C10H12FO10P. The molecule has 0 bridgehead atoms. The second-order valence-corrected chi connectivity index (χ2v) is 5.38. The fourth-order valence-electron chi connectivity index (χ4n) is 1.69. The molecule has 4 atom stereocenters. The van der Waals surface area contributed by atoms with Crippen LogP contribution in [-0.2, 0) is 23.4 Å². The molecule has 12 heteroatoms. The summed E-state index contributed by atoms with van der Waals surface area (Å²) in [5, 5.41) is 27.2. The molecule has 0 saturated heterocycles. The number of hydrogen-bond acceptors (Lipinski definition) is 6. The second-order valence-electron chi connectivity index (χ2n) is 4.19. The minimum absolute atomic E-state index is 0.472. The van der Waals surface area contributed by atoms with E-state index in [-0.39, 0.29) is 0 Å². The first-order valence-corrected chi connectivity index (χ1v) is 7.07. The summed E-state index contributed by atoms with van der Waals surface area (Å²) < 4.78 is 33.5. The summed E-state index contributed by atoms with van der Waals surface area (Å²) in [7, 11) is -5.14. The Labute approximate surface area is 122 Å². The number of aliphatic hydroxyl groups is 1. The van der Waals surface area contributed by atoms with Gasteiger partial charge in [-0.1, -0.05) is 0 Å². The van der Waals surface area contributed by atoms with Crippen LogP contribution in [-0.4, -0.2) is 61.5 Å². The molecule has 0 aromatic heterocycles. The molecule has 124 valence electrons. The van der Waals surface area contributed by atoms with Crippen molar-refractivity contribution >= 4 is 19.8 Å². The van der Waals surface area contributed by atoms with Gasteiger partial charge in [-0.15, -0.1) is 0 Å². The summed E-state index contributed by atoms with van der Waals surface area (Å²) >= 11 is 0. The Morgan fingerprint density at radius 2 is 1.86 bits per heavy atom. The van der Waals surface area contributed by atoms with Gasteiger partial charge in [0.05, 0.1) is 5.57 Å². The van der Waals surface area contributed by atoms with Gasteiger partial charge >= 0.3 is 19.8 Å². The van der Waals surface area contributed by atoms with Crippen LogP contribution in [0.15, 0.2) is 24.0 Å². The van der Waals surface area contributed by atoms with E-state index in [9.17, 15) is 23.7 Å². The van der Waals surface area contributed by atoms with Gasteiger partial charge in [0.1, 0.15) is 12.2 Å². The van der Waals surface area contributed by atoms with Crippen LogP contribution in [0.2, 0.25) is 0 Å². The number of phosphoric acid groups is 1. The van der Waals surface area contributed by atoms with E-state index < -0.39 is 55.6 Å². The number of rotatable bonds is 6. The molecule has 0 amide bonds. The zero-order chi connectivity index (χ0) is 17.2. The summed E-state index contributed by atoms with van der Waals surface area (Å²) in [5.74, 6) is -4.49. The number of phosphoric ester groups is 1. The first kappa shape index (κ1) is 18.3. The van der Waals surface area contributed by atoms with Crippen molar-refractivity contribution in [1.82, 2.24) is 0 Å². The Morgan fingerprint density at radius 3 is 2.27 bits per heavy atom. The highest BCUT2D eigenvalue weighted by atomic mass is 31.2. The molecule has 1 aliphatic rings. The minimum Gasteiger partial charge on any atom is -0.478 e. The quantitative estimate of drug-likeness (QED) is 0.233. The maximum absolute atomic E-state index is 14.0. The van der Waals surface area contributed by atoms with Crippen LogP contribution < -0.4 is 0 Å². The van der Waals surface area contributed by atoms with Gasteiger partial charge in [-0.05, 0) is 12.7 Å². The standard InChI is InChI=1S/C10H12FO10P/c1-3(9(13)14)20-8-6(11)4(10(15)16)2-5(7(8)12)21-22(17,18)19/h2,5-8,12H,1H2,(H,13,14)(H,15,16)(H2,17,18,19)/t5-,6-,7-,8-/m1/s1. The normalized spacial score (nSPS) is 28.6. The van der Waals surface area contributed by atoms with Gasteiger partial charge in [0, 0.05) is 0 Å². The fourth-order valence-corrected chi connectivity index (χ4v) is 2.19. The van der Waals surface area contributed by atoms with Crippen LogP contribution in [0.4, 0.5) is 4.39 Å². The number of ether oxygens (including phenoxy) is 1. The van der Waals surface area contributed by atoms with Crippen molar-refractivity contribution in [3.63, 3.8) is 0 Å². The highest BCUT2D eigenvalue weighted by Gasteiger charge is 2.46. The summed E-state index contributed by atoms with van der Waals surface area (Å²) in [6, 6.07) is 0. The predicted octanol–water partition coefficient (Wildman–Crippen LogP) is -0.829. The lowest BCUT2D eigenvalue weighted by atomic mass is 9.90. The van der Waals surface area contributed by atoms with Crippen LogP contribution in [0.1, 0.15) is 0 Å². The number of carbonyl (C=O) groups is 2. The molecule has 22 heavy (non-hydrogen) atoms. The minimum atomic E-state index is -5.14. The van der Waals surface area contributed by atoms with Gasteiger partial charge in [0.25, 0.3) is 0 Å². The molecule has 0 heterocycles. The zero-order valence-electron chi connectivity index (χ0n) is 10.7. The van der Waals surface area contributed by atoms with E-state index in [1.165, 1.54) is 0 Å². The van der Waals surface area contributed by atoms with Crippen molar-refractivity contribution in [1.29, 1.82) is 0 Å². The third kappa shape index (κ3) is 4.36. The van der Waals surface area contributed by atoms with Crippen LogP contribution in [0.3, 0.4) is 0 Å². The predicted molar refractivity (Wildman–Crippen MR) is 65.2 cm³/mol. The monoisotopic (exact) mass is 342 g/mol. The van der Waals surface area contributed by atoms with E-state index in [1.807, 2.05) is 0 Å². The number of halogens is 1. The molecule has 0 aliphatic heterocycles. The van der Waals surface area contributed by atoms with Crippen molar-refractivity contribution in [3.05, 3.63) is 24.0 Å². The zero-order valence-corrected chi connectivity index (χ0v) is 11.6. The highest BCUT2D eigenvalue weighted by Crippen LogP contribution is 2.41. The topological polar surface area (TPSA) is 171 Å². The van der Waals surface area contributed by atoms with Gasteiger partial charge < -0.3 is 29.8 Å². The van der Waals surface area contributed by atoms with Crippen LogP contribution in [0, 0.1) is 0 Å².